The number of hydrogen-bond donors (Lipinski definition) is 1. The van der Waals surface area contributed by atoms with Gasteiger partial charge in [0.2, 0.25) is 5.71 Å². The third-order valence-corrected chi connectivity index (χ3v) is 5.11. The fourth-order valence-corrected chi connectivity index (χ4v) is 3.72. The van der Waals surface area contributed by atoms with Gasteiger partial charge in [-0.05, 0) is 38.4 Å². The van der Waals surface area contributed by atoms with Gasteiger partial charge in [0.15, 0.2) is 17.2 Å². The third kappa shape index (κ3) is 3.44. The number of fused-ring (bicyclic) bond motifs is 3. The first-order valence-electron chi connectivity index (χ1n) is 9.95. The molecule has 0 amide bonds. The number of hydrogen-bond acceptors (Lipinski definition) is 8. The van der Waals surface area contributed by atoms with Crippen LogP contribution in [0.1, 0.15) is 5.69 Å². The molecule has 30 heavy (non-hydrogen) atoms. The summed E-state index contributed by atoms with van der Waals surface area (Å²) >= 11 is 0. The summed E-state index contributed by atoms with van der Waals surface area (Å²) in [4.78, 5) is 18.5. The minimum absolute atomic E-state index is 0.177. The SMILES string of the molecule is CN(C)Cc1ccc2c(n1)oc1c(N3CCOCC3)nc(-c3cccc(O)c3)nc12. The molecular formula is C22H23N5O3. The van der Waals surface area contributed by atoms with Gasteiger partial charge in [0.25, 0.3) is 0 Å². The molecule has 1 aromatic carbocycles. The van der Waals surface area contributed by atoms with Crippen LogP contribution in [0.25, 0.3) is 33.6 Å². The van der Waals surface area contributed by atoms with Crippen LogP contribution < -0.4 is 4.90 Å². The average molecular weight is 405 g/mol. The number of aromatic nitrogens is 3. The van der Waals surface area contributed by atoms with Crippen LogP contribution in [0.15, 0.2) is 40.8 Å². The number of phenols is 1. The summed E-state index contributed by atoms with van der Waals surface area (Å²) in [5, 5.41) is 10.8. The molecule has 1 saturated heterocycles. The van der Waals surface area contributed by atoms with Gasteiger partial charge in [-0.25, -0.2) is 15.0 Å². The van der Waals surface area contributed by atoms with E-state index in [-0.39, 0.29) is 5.75 Å². The number of morpholine rings is 1. The lowest BCUT2D eigenvalue weighted by molar-refractivity contribution is 0.122. The second-order valence-electron chi connectivity index (χ2n) is 7.69. The van der Waals surface area contributed by atoms with Crippen LogP contribution in [0.3, 0.4) is 0 Å². The summed E-state index contributed by atoms with van der Waals surface area (Å²) < 4.78 is 11.7. The first-order chi connectivity index (χ1) is 14.6. The fourth-order valence-electron chi connectivity index (χ4n) is 3.72. The lowest BCUT2D eigenvalue weighted by Gasteiger charge is -2.27. The van der Waals surface area contributed by atoms with E-state index in [0.717, 1.165) is 47.6 Å². The molecule has 0 saturated carbocycles. The Bertz CT molecular complexity index is 1210. The van der Waals surface area contributed by atoms with E-state index in [2.05, 4.69) is 9.80 Å². The maximum Gasteiger partial charge on any atom is 0.229 e. The van der Waals surface area contributed by atoms with Gasteiger partial charge in [-0.1, -0.05) is 12.1 Å². The normalized spacial score (nSPS) is 14.8. The first-order valence-corrected chi connectivity index (χ1v) is 9.95. The molecule has 0 radical (unpaired) electrons. The zero-order valence-corrected chi connectivity index (χ0v) is 17.0. The first kappa shape index (κ1) is 18.8. The predicted octanol–water partition coefficient (Wildman–Crippen LogP) is 3.04. The highest BCUT2D eigenvalue weighted by Crippen LogP contribution is 2.35. The highest BCUT2D eigenvalue weighted by molar-refractivity contribution is 6.05. The zero-order valence-electron chi connectivity index (χ0n) is 17.0. The van der Waals surface area contributed by atoms with Gasteiger partial charge in [-0.2, -0.15) is 0 Å². The molecule has 0 spiro atoms. The number of pyridine rings is 1. The molecule has 1 N–H and O–H groups in total. The summed E-state index contributed by atoms with van der Waals surface area (Å²) in [5.74, 6) is 1.45. The Hall–Kier alpha value is -3.23. The number of furan rings is 1. The Kier molecular flexibility index (Phi) is 4.72. The smallest absolute Gasteiger partial charge is 0.229 e. The van der Waals surface area contributed by atoms with E-state index in [4.69, 9.17) is 24.1 Å². The van der Waals surface area contributed by atoms with Crippen molar-refractivity contribution < 1.29 is 14.3 Å². The van der Waals surface area contributed by atoms with Crippen molar-refractivity contribution >= 4 is 28.0 Å². The summed E-state index contributed by atoms with van der Waals surface area (Å²) in [6.07, 6.45) is 0. The van der Waals surface area contributed by atoms with E-state index < -0.39 is 0 Å². The lowest BCUT2D eigenvalue weighted by atomic mass is 10.2. The van der Waals surface area contributed by atoms with Crippen molar-refractivity contribution in [1.82, 2.24) is 19.9 Å². The largest absolute Gasteiger partial charge is 0.508 e. The van der Waals surface area contributed by atoms with Crippen molar-refractivity contribution in [3.8, 4) is 17.1 Å². The zero-order chi connectivity index (χ0) is 20.7. The van der Waals surface area contributed by atoms with Gasteiger partial charge in [-0.15, -0.1) is 0 Å². The molecule has 1 aliphatic heterocycles. The highest BCUT2D eigenvalue weighted by Gasteiger charge is 2.23. The minimum atomic E-state index is 0.177. The second kappa shape index (κ2) is 7.55. The standard InChI is InChI=1S/C22H23N5O3/c1-26(2)13-15-6-7-17-18-19(30-22(17)23-15)21(27-8-10-29-11-9-27)25-20(24-18)14-4-3-5-16(28)12-14/h3-7,12,28H,8-11,13H2,1-2H3. The summed E-state index contributed by atoms with van der Waals surface area (Å²) in [6, 6.07) is 11.0. The van der Waals surface area contributed by atoms with Crippen molar-refractivity contribution in [3.63, 3.8) is 0 Å². The van der Waals surface area contributed by atoms with Gasteiger partial charge in [0, 0.05) is 25.2 Å². The Balaban J connectivity index is 1.73. The Morgan fingerprint density at radius 2 is 1.90 bits per heavy atom. The van der Waals surface area contributed by atoms with Crippen molar-refractivity contribution in [2.24, 2.45) is 0 Å². The van der Waals surface area contributed by atoms with E-state index in [1.54, 1.807) is 18.2 Å². The molecule has 4 aromatic rings. The number of anilines is 1. The molecule has 1 aliphatic rings. The Labute approximate surface area is 173 Å². The molecule has 0 aliphatic carbocycles. The van der Waals surface area contributed by atoms with Gasteiger partial charge in [-0.3, -0.25) is 0 Å². The van der Waals surface area contributed by atoms with E-state index in [9.17, 15) is 5.11 Å². The van der Waals surface area contributed by atoms with Crippen LogP contribution >= 0.6 is 0 Å². The average Bonchev–Trinajstić information content (AvgIpc) is 3.11. The molecule has 0 bridgehead atoms. The topological polar surface area (TPSA) is 87.8 Å². The molecule has 1 fully saturated rings. The molecule has 8 heteroatoms. The van der Waals surface area contributed by atoms with Gasteiger partial charge in [0.1, 0.15) is 11.3 Å². The van der Waals surface area contributed by atoms with Crippen molar-refractivity contribution in [2.75, 3.05) is 45.3 Å². The van der Waals surface area contributed by atoms with E-state index in [0.29, 0.717) is 30.3 Å². The minimum Gasteiger partial charge on any atom is -0.508 e. The van der Waals surface area contributed by atoms with Gasteiger partial charge >= 0.3 is 0 Å². The maximum atomic E-state index is 9.92. The van der Waals surface area contributed by atoms with Crippen LogP contribution in [0.4, 0.5) is 5.82 Å². The Morgan fingerprint density at radius 3 is 2.67 bits per heavy atom. The van der Waals surface area contributed by atoms with Crippen molar-refractivity contribution in [1.29, 1.82) is 0 Å². The lowest BCUT2D eigenvalue weighted by Crippen LogP contribution is -2.37. The van der Waals surface area contributed by atoms with Crippen LogP contribution in [0.2, 0.25) is 0 Å². The molecule has 4 heterocycles. The third-order valence-electron chi connectivity index (χ3n) is 5.11. The number of rotatable bonds is 4. The fraction of sp³-hybridized carbons (Fsp3) is 0.318. The van der Waals surface area contributed by atoms with E-state index in [1.807, 2.05) is 32.3 Å². The Morgan fingerprint density at radius 1 is 1.07 bits per heavy atom. The molecule has 5 rings (SSSR count). The number of aromatic hydroxyl groups is 1. The van der Waals surface area contributed by atoms with Gasteiger partial charge in [0.05, 0.1) is 24.3 Å². The quantitative estimate of drug-likeness (QED) is 0.554. The van der Waals surface area contributed by atoms with Crippen LogP contribution in [0, 0.1) is 0 Å². The van der Waals surface area contributed by atoms with E-state index >= 15 is 0 Å². The monoisotopic (exact) mass is 405 g/mol. The van der Waals surface area contributed by atoms with Crippen molar-refractivity contribution in [3.05, 3.63) is 42.1 Å². The number of benzene rings is 1. The predicted molar refractivity (Wildman–Crippen MR) is 115 cm³/mol. The molecular weight excluding hydrogens is 382 g/mol. The maximum absolute atomic E-state index is 9.92. The van der Waals surface area contributed by atoms with Crippen LogP contribution in [0.5, 0.6) is 5.75 Å². The van der Waals surface area contributed by atoms with Gasteiger partial charge < -0.3 is 24.1 Å². The van der Waals surface area contributed by atoms with Crippen LogP contribution in [-0.2, 0) is 11.3 Å². The molecule has 0 atom stereocenters. The van der Waals surface area contributed by atoms with Crippen molar-refractivity contribution in [2.45, 2.75) is 6.54 Å². The van der Waals surface area contributed by atoms with E-state index in [1.165, 1.54) is 0 Å². The molecule has 8 nitrogen and oxygen atoms in total. The number of nitrogens with zero attached hydrogens (tertiary/aromatic N) is 5. The summed E-state index contributed by atoms with van der Waals surface area (Å²) in [7, 11) is 4.02. The number of phenolic OH excluding ortho intramolecular Hbond substituents is 1. The molecule has 0 unspecified atom stereocenters. The summed E-state index contributed by atoms with van der Waals surface area (Å²) in [5.41, 5.74) is 3.59. The molecule has 3 aromatic heterocycles. The van der Waals surface area contributed by atoms with Crippen LogP contribution in [-0.4, -0.2) is 65.4 Å². The second-order valence-corrected chi connectivity index (χ2v) is 7.69. The number of ether oxygens (including phenoxy) is 1. The molecule has 154 valence electrons. The summed E-state index contributed by atoms with van der Waals surface area (Å²) in [6.45, 7) is 3.45. The highest BCUT2D eigenvalue weighted by atomic mass is 16.5.